The van der Waals surface area contributed by atoms with Crippen LogP contribution in [0.1, 0.15) is 43.9 Å². The van der Waals surface area contributed by atoms with Crippen molar-refractivity contribution in [3.05, 3.63) is 83.3 Å². The molecule has 2 aromatic carbocycles. The zero-order chi connectivity index (χ0) is 19.7. The van der Waals surface area contributed by atoms with Crippen LogP contribution >= 0.6 is 0 Å². The van der Waals surface area contributed by atoms with Gasteiger partial charge in [0.25, 0.3) is 5.91 Å². The second kappa shape index (κ2) is 7.31. The summed E-state index contributed by atoms with van der Waals surface area (Å²) in [5.74, 6) is 0.920. The van der Waals surface area contributed by atoms with E-state index in [1.807, 2.05) is 37.3 Å². The summed E-state index contributed by atoms with van der Waals surface area (Å²) in [5, 5.41) is 10.6. The first-order valence-electron chi connectivity index (χ1n) is 9.38. The summed E-state index contributed by atoms with van der Waals surface area (Å²) >= 11 is 0. The van der Waals surface area contributed by atoms with Crippen LogP contribution in [0.4, 0.5) is 11.6 Å². The molecule has 2 heterocycles. The molecule has 28 heavy (non-hydrogen) atoms. The molecular weight excluding hydrogens is 350 g/mol. The number of carbonyl (C=O) groups is 1. The van der Waals surface area contributed by atoms with E-state index in [-0.39, 0.29) is 11.9 Å². The van der Waals surface area contributed by atoms with Crippen LogP contribution in [-0.2, 0) is 4.79 Å². The van der Waals surface area contributed by atoms with Crippen LogP contribution < -0.4 is 10.6 Å². The Morgan fingerprint density at radius 1 is 1.11 bits per heavy atom. The van der Waals surface area contributed by atoms with Crippen molar-refractivity contribution < 1.29 is 4.79 Å². The Kier molecular flexibility index (Phi) is 4.69. The Bertz CT molecular complexity index is 1020. The molecule has 142 valence electrons. The number of rotatable bonds is 4. The maximum Gasteiger partial charge on any atom is 0.255 e. The van der Waals surface area contributed by atoms with Crippen LogP contribution in [0.3, 0.4) is 0 Å². The van der Waals surface area contributed by atoms with Gasteiger partial charge in [-0.25, -0.2) is 4.68 Å². The third-order valence-electron chi connectivity index (χ3n) is 4.99. The van der Waals surface area contributed by atoms with E-state index in [4.69, 9.17) is 0 Å². The number of benzene rings is 2. The normalized spacial score (nSPS) is 15.9. The number of nitrogens with zero attached hydrogens (tertiary/aromatic N) is 3. The molecule has 0 fully saturated rings. The fraction of sp³-hybridized carbons (Fsp3) is 0.227. The maximum atomic E-state index is 13.2. The van der Waals surface area contributed by atoms with E-state index in [1.165, 1.54) is 11.9 Å². The minimum absolute atomic E-state index is 0.157. The minimum Gasteiger partial charge on any atom is -0.328 e. The first-order valence-corrected chi connectivity index (χ1v) is 9.38. The fourth-order valence-corrected chi connectivity index (χ4v) is 3.48. The first kappa shape index (κ1) is 18.0. The van der Waals surface area contributed by atoms with Crippen molar-refractivity contribution in [2.75, 3.05) is 10.6 Å². The number of anilines is 2. The summed E-state index contributed by atoms with van der Waals surface area (Å²) in [4.78, 5) is 17.5. The van der Waals surface area contributed by atoms with Gasteiger partial charge < -0.3 is 10.6 Å². The smallest absolute Gasteiger partial charge is 0.255 e. The van der Waals surface area contributed by atoms with Crippen LogP contribution in [0.15, 0.2) is 72.2 Å². The minimum atomic E-state index is -0.344. The highest BCUT2D eigenvalue weighted by Crippen LogP contribution is 2.35. The molecule has 0 saturated heterocycles. The zero-order valence-corrected chi connectivity index (χ0v) is 16.2. The van der Waals surface area contributed by atoms with Crippen molar-refractivity contribution in [2.45, 2.75) is 32.7 Å². The van der Waals surface area contributed by atoms with Crippen LogP contribution in [0.5, 0.6) is 0 Å². The molecule has 0 radical (unpaired) electrons. The Morgan fingerprint density at radius 2 is 1.82 bits per heavy atom. The van der Waals surface area contributed by atoms with Crippen molar-refractivity contribution in [3.8, 4) is 0 Å². The van der Waals surface area contributed by atoms with Crippen molar-refractivity contribution in [1.29, 1.82) is 0 Å². The Morgan fingerprint density at radius 3 is 2.50 bits per heavy atom. The number of aromatic nitrogens is 3. The van der Waals surface area contributed by atoms with Gasteiger partial charge in [-0.05, 0) is 36.1 Å². The van der Waals surface area contributed by atoms with Gasteiger partial charge in [-0.2, -0.15) is 10.1 Å². The molecule has 1 amide bonds. The number of amides is 1. The summed E-state index contributed by atoms with van der Waals surface area (Å²) < 4.78 is 1.76. The number of hydrogen-bond donors (Lipinski definition) is 2. The summed E-state index contributed by atoms with van der Waals surface area (Å²) in [6.07, 6.45) is 1.50. The Hall–Kier alpha value is -3.41. The molecule has 0 bridgehead atoms. The summed E-state index contributed by atoms with van der Waals surface area (Å²) in [6.45, 7) is 6.23. The number of nitrogens with one attached hydrogen (secondary N) is 2. The molecule has 0 spiro atoms. The van der Waals surface area contributed by atoms with E-state index in [9.17, 15) is 4.79 Å². The Balaban J connectivity index is 1.75. The van der Waals surface area contributed by atoms with E-state index in [0.29, 0.717) is 17.4 Å². The van der Waals surface area contributed by atoms with Gasteiger partial charge in [0.15, 0.2) is 0 Å². The van der Waals surface area contributed by atoms with E-state index in [1.54, 1.807) is 4.68 Å². The van der Waals surface area contributed by atoms with Gasteiger partial charge in [-0.1, -0.05) is 56.3 Å². The molecule has 1 aromatic heterocycles. The van der Waals surface area contributed by atoms with Gasteiger partial charge >= 0.3 is 0 Å². The molecular formula is C22H23N5O. The van der Waals surface area contributed by atoms with Gasteiger partial charge in [-0.3, -0.25) is 4.79 Å². The van der Waals surface area contributed by atoms with Gasteiger partial charge in [0.05, 0.1) is 5.57 Å². The Labute approximate surface area is 164 Å². The third-order valence-corrected chi connectivity index (χ3v) is 4.99. The van der Waals surface area contributed by atoms with Crippen LogP contribution in [-0.4, -0.2) is 20.7 Å². The second-order valence-corrected chi connectivity index (χ2v) is 7.24. The number of para-hydroxylation sites is 1. The molecule has 4 rings (SSSR count). The van der Waals surface area contributed by atoms with Gasteiger partial charge in [0.1, 0.15) is 12.4 Å². The van der Waals surface area contributed by atoms with Crippen molar-refractivity contribution in [1.82, 2.24) is 14.8 Å². The van der Waals surface area contributed by atoms with Crippen molar-refractivity contribution in [3.63, 3.8) is 0 Å². The average molecular weight is 373 g/mol. The van der Waals surface area contributed by atoms with Gasteiger partial charge in [-0.15, -0.1) is 0 Å². The van der Waals surface area contributed by atoms with E-state index < -0.39 is 0 Å². The highest BCUT2D eigenvalue weighted by molar-refractivity contribution is 6.06. The quantitative estimate of drug-likeness (QED) is 0.714. The largest absolute Gasteiger partial charge is 0.328 e. The number of allylic oxidation sites excluding steroid dienone is 1. The molecule has 1 aliphatic rings. The SMILES string of the molecule is CC1=C(C(=O)Nc2ccccc2)[C@@H](c2ccc(C(C)C)cc2)n2ncnc2N1. The zero-order valence-electron chi connectivity index (χ0n) is 16.2. The first-order chi connectivity index (χ1) is 13.5. The number of hydrogen-bond acceptors (Lipinski definition) is 4. The third kappa shape index (κ3) is 3.29. The highest BCUT2D eigenvalue weighted by atomic mass is 16.1. The van der Waals surface area contributed by atoms with Crippen LogP contribution in [0.25, 0.3) is 0 Å². The topological polar surface area (TPSA) is 71.8 Å². The van der Waals surface area contributed by atoms with Crippen molar-refractivity contribution in [2.24, 2.45) is 0 Å². The summed E-state index contributed by atoms with van der Waals surface area (Å²) in [5.41, 5.74) is 4.40. The molecule has 1 aliphatic heterocycles. The lowest BCUT2D eigenvalue weighted by molar-refractivity contribution is -0.113. The maximum absolute atomic E-state index is 13.2. The molecule has 0 aliphatic carbocycles. The molecule has 1 atom stereocenters. The van der Waals surface area contributed by atoms with E-state index >= 15 is 0 Å². The lowest BCUT2D eigenvalue weighted by atomic mass is 9.93. The molecule has 3 aromatic rings. The fourth-order valence-electron chi connectivity index (χ4n) is 3.48. The summed E-state index contributed by atoms with van der Waals surface area (Å²) in [7, 11) is 0. The molecule has 2 N–H and O–H groups in total. The van der Waals surface area contributed by atoms with E-state index in [0.717, 1.165) is 16.9 Å². The standard InChI is InChI=1S/C22H23N5O/c1-14(2)16-9-11-17(12-10-16)20-19(15(3)25-22-23-13-24-27(20)22)21(28)26-18-7-5-4-6-8-18/h4-14,20H,1-3H3,(H,26,28)(H,23,24,25)/t20-/m1/s1. The van der Waals surface area contributed by atoms with E-state index in [2.05, 4.69) is 58.8 Å². The van der Waals surface area contributed by atoms with Crippen molar-refractivity contribution >= 4 is 17.5 Å². The van der Waals surface area contributed by atoms with Crippen LogP contribution in [0, 0.1) is 0 Å². The lowest BCUT2D eigenvalue weighted by Crippen LogP contribution is -2.31. The van der Waals surface area contributed by atoms with Gasteiger partial charge in [0.2, 0.25) is 5.95 Å². The highest BCUT2D eigenvalue weighted by Gasteiger charge is 2.33. The molecule has 6 nitrogen and oxygen atoms in total. The second-order valence-electron chi connectivity index (χ2n) is 7.24. The molecule has 0 unspecified atom stereocenters. The lowest BCUT2D eigenvalue weighted by Gasteiger charge is -2.29. The predicted octanol–water partition coefficient (Wildman–Crippen LogP) is 4.33. The molecule has 0 saturated carbocycles. The summed E-state index contributed by atoms with van der Waals surface area (Å²) in [6, 6.07) is 17.5. The van der Waals surface area contributed by atoms with Gasteiger partial charge in [0, 0.05) is 11.4 Å². The molecule has 6 heteroatoms. The predicted molar refractivity (Wildman–Crippen MR) is 110 cm³/mol. The average Bonchev–Trinajstić information content (AvgIpc) is 3.15. The monoisotopic (exact) mass is 373 g/mol. The number of fused-ring (bicyclic) bond motifs is 1. The van der Waals surface area contributed by atoms with Crippen LogP contribution in [0.2, 0.25) is 0 Å². The number of carbonyl (C=O) groups excluding carboxylic acids is 1.